The number of hydrogen-bond donors (Lipinski definition) is 1. The van der Waals surface area contributed by atoms with Gasteiger partial charge >= 0.3 is 0 Å². The Morgan fingerprint density at radius 3 is 2.67 bits per heavy atom. The van der Waals surface area contributed by atoms with Gasteiger partial charge in [-0.05, 0) is 67.1 Å². The highest BCUT2D eigenvalue weighted by Gasteiger charge is 2.24. The molecule has 1 atom stereocenters. The molecule has 96 valence electrons. The van der Waals surface area contributed by atoms with Crippen molar-refractivity contribution in [1.29, 1.82) is 0 Å². The minimum Gasteiger partial charge on any atom is -0.385 e. The van der Waals surface area contributed by atoms with Gasteiger partial charge in [-0.1, -0.05) is 23.8 Å². The van der Waals surface area contributed by atoms with Gasteiger partial charge < -0.3 is 5.11 Å². The minimum absolute atomic E-state index is 0.752. The Bertz CT molecular complexity index is 512. The van der Waals surface area contributed by atoms with Crippen molar-refractivity contribution < 1.29 is 5.11 Å². The summed E-state index contributed by atoms with van der Waals surface area (Å²) in [5, 5.41) is 14.9. The topological polar surface area (TPSA) is 20.2 Å². The predicted molar refractivity (Wildman–Crippen MR) is 78.1 cm³/mol. The molecule has 0 bridgehead atoms. The Morgan fingerprint density at radius 1 is 1.22 bits per heavy atom. The number of rotatable bonds is 4. The van der Waals surface area contributed by atoms with Gasteiger partial charge in [0.1, 0.15) is 0 Å². The van der Waals surface area contributed by atoms with Crippen LogP contribution in [0.3, 0.4) is 0 Å². The number of aliphatic hydroxyl groups is 1. The van der Waals surface area contributed by atoms with Gasteiger partial charge in [-0.15, -0.1) is 0 Å². The standard InChI is InChI=1S/C16H20OS/c1-12-4-5-13(2)15(10-12)16(3,17)8-6-14-7-9-18-11-14/h4-5,7,9-11,17H,6,8H2,1-3H3. The third kappa shape index (κ3) is 3.01. The van der Waals surface area contributed by atoms with Crippen LogP contribution in [0.15, 0.2) is 35.0 Å². The summed E-state index contributed by atoms with van der Waals surface area (Å²) < 4.78 is 0. The molecule has 0 spiro atoms. The molecule has 0 fully saturated rings. The first kappa shape index (κ1) is 13.3. The molecule has 1 unspecified atom stereocenters. The van der Waals surface area contributed by atoms with Crippen LogP contribution in [0.1, 0.15) is 35.6 Å². The lowest BCUT2D eigenvalue weighted by Gasteiger charge is -2.26. The molecule has 0 saturated heterocycles. The maximum absolute atomic E-state index is 10.7. The van der Waals surface area contributed by atoms with Crippen molar-refractivity contribution in [2.75, 3.05) is 0 Å². The zero-order chi connectivity index (χ0) is 13.2. The lowest BCUT2D eigenvalue weighted by molar-refractivity contribution is 0.0474. The molecule has 0 saturated carbocycles. The number of benzene rings is 1. The second-order valence-electron chi connectivity index (χ2n) is 5.22. The van der Waals surface area contributed by atoms with E-state index in [1.165, 1.54) is 11.1 Å². The Morgan fingerprint density at radius 2 is 2.00 bits per heavy atom. The van der Waals surface area contributed by atoms with Crippen LogP contribution in [-0.2, 0) is 12.0 Å². The van der Waals surface area contributed by atoms with Gasteiger partial charge in [0.25, 0.3) is 0 Å². The summed E-state index contributed by atoms with van der Waals surface area (Å²) in [5.74, 6) is 0. The molecule has 2 rings (SSSR count). The van der Waals surface area contributed by atoms with Crippen molar-refractivity contribution in [3.05, 3.63) is 57.3 Å². The Kier molecular flexibility index (Phi) is 3.88. The first-order chi connectivity index (χ1) is 8.49. The SMILES string of the molecule is Cc1ccc(C)c(C(C)(O)CCc2ccsc2)c1. The summed E-state index contributed by atoms with van der Waals surface area (Å²) in [6.07, 6.45) is 1.68. The molecule has 1 N–H and O–H groups in total. The largest absolute Gasteiger partial charge is 0.385 e. The molecule has 2 heteroatoms. The molecular formula is C16H20OS. The molecule has 0 aliphatic rings. The van der Waals surface area contributed by atoms with Crippen molar-refractivity contribution in [1.82, 2.24) is 0 Å². The number of thiophene rings is 1. The highest BCUT2D eigenvalue weighted by molar-refractivity contribution is 7.07. The van der Waals surface area contributed by atoms with Crippen LogP contribution in [0.25, 0.3) is 0 Å². The van der Waals surface area contributed by atoms with E-state index in [1.54, 1.807) is 11.3 Å². The highest BCUT2D eigenvalue weighted by atomic mass is 32.1. The van der Waals surface area contributed by atoms with Crippen molar-refractivity contribution in [3.63, 3.8) is 0 Å². The first-order valence-electron chi connectivity index (χ1n) is 6.30. The summed E-state index contributed by atoms with van der Waals surface area (Å²) >= 11 is 1.71. The van der Waals surface area contributed by atoms with Gasteiger partial charge in [0.15, 0.2) is 0 Å². The van der Waals surface area contributed by atoms with Crippen molar-refractivity contribution in [3.8, 4) is 0 Å². The molecule has 1 aromatic heterocycles. The lowest BCUT2D eigenvalue weighted by atomic mass is 9.86. The molecule has 0 radical (unpaired) electrons. The average molecular weight is 260 g/mol. The molecule has 1 aromatic carbocycles. The maximum atomic E-state index is 10.7. The normalized spacial score (nSPS) is 14.4. The van der Waals surface area contributed by atoms with E-state index in [0.29, 0.717) is 0 Å². The van der Waals surface area contributed by atoms with E-state index in [0.717, 1.165) is 24.0 Å². The highest BCUT2D eigenvalue weighted by Crippen LogP contribution is 2.29. The van der Waals surface area contributed by atoms with E-state index < -0.39 is 5.60 Å². The first-order valence-corrected chi connectivity index (χ1v) is 7.24. The van der Waals surface area contributed by atoms with Crippen LogP contribution >= 0.6 is 11.3 Å². The quantitative estimate of drug-likeness (QED) is 0.873. The van der Waals surface area contributed by atoms with Gasteiger partial charge in [0.05, 0.1) is 5.60 Å². The van der Waals surface area contributed by atoms with Crippen LogP contribution in [0.2, 0.25) is 0 Å². The molecule has 0 aliphatic carbocycles. The summed E-state index contributed by atoms with van der Waals surface area (Å²) in [5.41, 5.74) is 3.98. The van der Waals surface area contributed by atoms with E-state index in [1.807, 2.05) is 6.92 Å². The maximum Gasteiger partial charge on any atom is 0.0874 e. The molecular weight excluding hydrogens is 240 g/mol. The Balaban J connectivity index is 2.16. The fraction of sp³-hybridized carbons (Fsp3) is 0.375. The van der Waals surface area contributed by atoms with Gasteiger partial charge in [0, 0.05) is 0 Å². The van der Waals surface area contributed by atoms with Crippen molar-refractivity contribution in [2.45, 2.75) is 39.2 Å². The van der Waals surface area contributed by atoms with E-state index >= 15 is 0 Å². The van der Waals surface area contributed by atoms with E-state index in [-0.39, 0.29) is 0 Å². The third-order valence-corrected chi connectivity index (χ3v) is 4.19. The van der Waals surface area contributed by atoms with Gasteiger partial charge in [-0.2, -0.15) is 11.3 Å². The van der Waals surface area contributed by atoms with Crippen LogP contribution in [-0.4, -0.2) is 5.11 Å². The molecule has 1 nitrogen and oxygen atoms in total. The molecule has 0 aliphatic heterocycles. The smallest absolute Gasteiger partial charge is 0.0874 e. The summed E-state index contributed by atoms with van der Waals surface area (Å²) in [6.45, 7) is 6.05. The van der Waals surface area contributed by atoms with Crippen LogP contribution < -0.4 is 0 Å². The predicted octanol–water partition coefficient (Wildman–Crippen LogP) is 4.21. The second kappa shape index (κ2) is 5.25. The monoisotopic (exact) mass is 260 g/mol. The summed E-state index contributed by atoms with van der Waals surface area (Å²) in [4.78, 5) is 0. The fourth-order valence-electron chi connectivity index (χ4n) is 2.27. The summed E-state index contributed by atoms with van der Waals surface area (Å²) in [6, 6.07) is 8.41. The van der Waals surface area contributed by atoms with Crippen molar-refractivity contribution >= 4 is 11.3 Å². The molecule has 18 heavy (non-hydrogen) atoms. The number of hydrogen-bond acceptors (Lipinski definition) is 2. The van der Waals surface area contributed by atoms with Gasteiger partial charge in [-0.25, -0.2) is 0 Å². The van der Waals surface area contributed by atoms with Crippen LogP contribution in [0, 0.1) is 13.8 Å². The number of aryl methyl sites for hydroxylation is 3. The Hall–Kier alpha value is -1.12. The minimum atomic E-state index is -0.752. The molecule has 2 aromatic rings. The van der Waals surface area contributed by atoms with Gasteiger partial charge in [-0.3, -0.25) is 0 Å². The zero-order valence-electron chi connectivity index (χ0n) is 11.2. The molecule has 0 amide bonds. The second-order valence-corrected chi connectivity index (χ2v) is 6.00. The van der Waals surface area contributed by atoms with Crippen LogP contribution in [0.5, 0.6) is 0 Å². The van der Waals surface area contributed by atoms with Gasteiger partial charge in [0.2, 0.25) is 0 Å². The third-order valence-electron chi connectivity index (χ3n) is 3.45. The molecule has 1 heterocycles. The average Bonchev–Trinajstić information content (AvgIpc) is 2.83. The Labute approximate surface area is 113 Å². The fourth-order valence-corrected chi connectivity index (χ4v) is 2.98. The van der Waals surface area contributed by atoms with E-state index in [2.05, 4.69) is 48.9 Å². The van der Waals surface area contributed by atoms with Crippen LogP contribution in [0.4, 0.5) is 0 Å². The lowest BCUT2D eigenvalue weighted by Crippen LogP contribution is -2.23. The zero-order valence-corrected chi connectivity index (χ0v) is 12.1. The summed E-state index contributed by atoms with van der Waals surface area (Å²) in [7, 11) is 0. The van der Waals surface area contributed by atoms with E-state index in [9.17, 15) is 5.11 Å². The van der Waals surface area contributed by atoms with Crippen molar-refractivity contribution in [2.24, 2.45) is 0 Å². The van der Waals surface area contributed by atoms with E-state index in [4.69, 9.17) is 0 Å².